The van der Waals surface area contributed by atoms with Crippen LogP contribution in [0.4, 0.5) is 17.6 Å². The van der Waals surface area contributed by atoms with Gasteiger partial charge in [0.05, 0.1) is 4.90 Å². The predicted octanol–water partition coefficient (Wildman–Crippen LogP) is 6.33. The molecule has 0 amide bonds. The maximum Gasteiger partial charge on any atom is 0.205 e. The summed E-state index contributed by atoms with van der Waals surface area (Å²) in [7, 11) is 0. The second-order valence-corrected chi connectivity index (χ2v) is 6.84. The van der Waals surface area contributed by atoms with E-state index < -0.39 is 33.9 Å². The van der Waals surface area contributed by atoms with Crippen LogP contribution < -0.4 is 4.74 Å². The van der Waals surface area contributed by atoms with Crippen molar-refractivity contribution in [3.8, 4) is 5.75 Å². The van der Waals surface area contributed by atoms with Crippen LogP contribution in [0, 0.1) is 29.2 Å². The molecule has 0 aromatic heterocycles. The fourth-order valence-electron chi connectivity index (χ4n) is 2.03. The van der Waals surface area contributed by atoms with Gasteiger partial charge >= 0.3 is 0 Å². The van der Waals surface area contributed by atoms with Crippen molar-refractivity contribution in [2.75, 3.05) is 5.75 Å². The smallest absolute Gasteiger partial charge is 0.205 e. The number of thioether (sulfide) groups is 1. The molecule has 0 unspecified atom stereocenters. The number of hydrogen-bond acceptors (Lipinski definition) is 2. The number of hydrogen-bond donors (Lipinski definition) is 0. The van der Waals surface area contributed by atoms with Gasteiger partial charge in [0.1, 0.15) is 5.76 Å². The first-order chi connectivity index (χ1) is 11.8. The molecule has 0 N–H and O–H groups in total. The van der Waals surface area contributed by atoms with E-state index in [0.29, 0.717) is 12.2 Å². The number of ether oxygens (including phenoxy) is 1. The van der Waals surface area contributed by atoms with Crippen molar-refractivity contribution in [1.29, 1.82) is 0 Å². The lowest BCUT2D eigenvalue weighted by molar-refractivity contribution is 0.338. The lowest BCUT2D eigenvalue weighted by atomic mass is 10.2. The van der Waals surface area contributed by atoms with Gasteiger partial charge in [-0.2, -0.15) is 8.78 Å². The van der Waals surface area contributed by atoms with Crippen molar-refractivity contribution in [3.63, 3.8) is 0 Å². The topological polar surface area (TPSA) is 9.23 Å². The van der Waals surface area contributed by atoms with Gasteiger partial charge in [0.25, 0.3) is 0 Å². The Labute approximate surface area is 148 Å². The van der Waals surface area contributed by atoms with Crippen LogP contribution in [0.1, 0.15) is 20.3 Å². The molecule has 0 fully saturated rings. The summed E-state index contributed by atoms with van der Waals surface area (Å²) in [4.78, 5) is -0.669. The maximum atomic E-state index is 14.2. The fourth-order valence-corrected chi connectivity index (χ4v) is 2.96. The van der Waals surface area contributed by atoms with Gasteiger partial charge in [0, 0.05) is 5.75 Å². The van der Waals surface area contributed by atoms with Crippen molar-refractivity contribution >= 4 is 11.8 Å². The van der Waals surface area contributed by atoms with Crippen LogP contribution in [-0.2, 0) is 0 Å². The highest BCUT2D eigenvalue weighted by Crippen LogP contribution is 2.37. The van der Waals surface area contributed by atoms with Gasteiger partial charge in [0.15, 0.2) is 11.6 Å². The van der Waals surface area contributed by atoms with Crippen LogP contribution in [0.2, 0.25) is 0 Å². The summed E-state index contributed by atoms with van der Waals surface area (Å²) in [6.45, 7) is 7.29. The molecule has 2 rings (SSSR count). The molecule has 1 aromatic carbocycles. The summed E-state index contributed by atoms with van der Waals surface area (Å²) in [5, 5.41) is 0. The summed E-state index contributed by atoms with van der Waals surface area (Å²) in [6.07, 6.45) is 8.48. The van der Waals surface area contributed by atoms with Crippen LogP contribution in [0.25, 0.3) is 0 Å². The van der Waals surface area contributed by atoms with Crippen molar-refractivity contribution in [3.05, 3.63) is 71.6 Å². The Morgan fingerprint density at radius 2 is 1.72 bits per heavy atom. The van der Waals surface area contributed by atoms with E-state index in [2.05, 4.69) is 6.58 Å². The van der Waals surface area contributed by atoms with Crippen LogP contribution >= 0.6 is 11.8 Å². The molecule has 1 nitrogen and oxygen atoms in total. The zero-order valence-corrected chi connectivity index (χ0v) is 14.7. The fraction of sp³-hybridized carbons (Fsp3) is 0.263. The predicted molar refractivity (Wildman–Crippen MR) is 92.6 cm³/mol. The van der Waals surface area contributed by atoms with Gasteiger partial charge in [-0.15, -0.1) is 11.8 Å². The highest BCUT2D eigenvalue weighted by atomic mass is 32.2. The van der Waals surface area contributed by atoms with Crippen LogP contribution in [0.5, 0.6) is 5.75 Å². The van der Waals surface area contributed by atoms with E-state index in [9.17, 15) is 17.6 Å². The van der Waals surface area contributed by atoms with Crippen LogP contribution in [0.3, 0.4) is 0 Å². The van der Waals surface area contributed by atoms with E-state index in [1.54, 1.807) is 18.2 Å². The van der Waals surface area contributed by atoms with Gasteiger partial charge < -0.3 is 4.74 Å². The van der Waals surface area contributed by atoms with Gasteiger partial charge in [-0.25, -0.2) is 8.78 Å². The number of rotatable bonds is 6. The minimum atomic E-state index is -1.54. The number of benzene rings is 1. The Balaban J connectivity index is 2.34. The molecule has 1 aliphatic rings. The van der Waals surface area contributed by atoms with E-state index >= 15 is 0 Å². The molecule has 1 aromatic rings. The molecule has 25 heavy (non-hydrogen) atoms. The summed E-state index contributed by atoms with van der Waals surface area (Å²) in [6, 6.07) is 0. The molecule has 0 aliphatic heterocycles. The highest BCUT2D eigenvalue weighted by Gasteiger charge is 2.27. The van der Waals surface area contributed by atoms with Gasteiger partial charge in [-0.05, 0) is 30.1 Å². The lowest BCUT2D eigenvalue weighted by Gasteiger charge is -2.13. The Morgan fingerprint density at radius 3 is 2.28 bits per heavy atom. The van der Waals surface area contributed by atoms with Crippen molar-refractivity contribution in [2.45, 2.75) is 25.2 Å². The summed E-state index contributed by atoms with van der Waals surface area (Å²) in [5.41, 5.74) is 0.800. The third kappa shape index (κ3) is 4.57. The van der Waals surface area contributed by atoms with Gasteiger partial charge in [-0.3, -0.25) is 0 Å². The Kier molecular flexibility index (Phi) is 6.53. The molecular formula is C19H18F4OS. The van der Waals surface area contributed by atoms with Crippen molar-refractivity contribution in [2.24, 2.45) is 5.92 Å². The summed E-state index contributed by atoms with van der Waals surface area (Å²) < 4.78 is 61.9. The highest BCUT2D eigenvalue weighted by molar-refractivity contribution is 7.99. The Bertz CT molecular complexity index is 734. The molecule has 0 heterocycles. The van der Waals surface area contributed by atoms with E-state index in [0.717, 1.165) is 17.3 Å². The number of allylic oxidation sites excluding steroid dienone is 6. The average Bonchev–Trinajstić information content (AvgIpc) is 2.81. The molecule has 6 heteroatoms. The molecule has 0 saturated heterocycles. The molecule has 0 radical (unpaired) electrons. The maximum absolute atomic E-state index is 14.2. The van der Waals surface area contributed by atoms with Crippen molar-refractivity contribution in [1.82, 2.24) is 0 Å². The summed E-state index contributed by atoms with van der Waals surface area (Å²) >= 11 is 0.738. The molecule has 0 atom stereocenters. The van der Waals surface area contributed by atoms with Crippen LogP contribution in [-0.4, -0.2) is 5.75 Å². The normalized spacial score (nSPS) is 14.2. The van der Waals surface area contributed by atoms with E-state index in [-0.39, 0.29) is 11.7 Å². The molecule has 0 saturated carbocycles. The molecule has 0 spiro atoms. The first kappa shape index (κ1) is 19.4. The van der Waals surface area contributed by atoms with Gasteiger partial charge in [0.2, 0.25) is 17.4 Å². The summed E-state index contributed by atoms with van der Waals surface area (Å²) in [5.74, 6) is -6.52. The van der Waals surface area contributed by atoms with Crippen molar-refractivity contribution < 1.29 is 22.3 Å². The molecule has 0 bridgehead atoms. The monoisotopic (exact) mass is 370 g/mol. The zero-order valence-electron chi connectivity index (χ0n) is 13.9. The minimum Gasteiger partial charge on any atom is -0.451 e. The molecule has 1 aliphatic carbocycles. The first-order valence-corrected chi connectivity index (χ1v) is 8.71. The van der Waals surface area contributed by atoms with E-state index in [4.69, 9.17) is 4.74 Å². The van der Waals surface area contributed by atoms with E-state index in [1.165, 1.54) is 6.08 Å². The second kappa shape index (κ2) is 8.43. The second-order valence-electron chi connectivity index (χ2n) is 5.80. The molecule has 134 valence electrons. The lowest BCUT2D eigenvalue weighted by Crippen LogP contribution is -2.06. The Hall–Kier alpha value is -1.95. The largest absolute Gasteiger partial charge is 0.451 e. The third-order valence-corrected chi connectivity index (χ3v) is 4.79. The first-order valence-electron chi connectivity index (χ1n) is 7.72. The zero-order chi connectivity index (χ0) is 18.6. The van der Waals surface area contributed by atoms with Gasteiger partial charge in [-0.1, -0.05) is 38.7 Å². The Morgan fingerprint density at radius 1 is 1.08 bits per heavy atom. The average molecular weight is 370 g/mol. The third-order valence-electron chi connectivity index (χ3n) is 3.31. The minimum absolute atomic E-state index is 0.0901. The molecular weight excluding hydrogens is 352 g/mol. The SMILES string of the molecule is C=CC1=CCC=C(Oc2c(F)c(F)c(SCC(C)C)c(F)c2F)C=C1. The van der Waals surface area contributed by atoms with Crippen LogP contribution in [0.15, 0.2) is 53.2 Å². The standard InChI is InChI=1S/C19H18F4OS/c1-4-12-6-5-7-13(9-8-12)24-18-14(20)16(22)19(17(23)15(18)21)25-10-11(2)3/h4,6-9,11H,1,5,10H2,2-3H3. The van der Waals surface area contributed by atoms with E-state index in [1.807, 2.05) is 19.9 Å². The number of halogens is 4. The quantitative estimate of drug-likeness (QED) is 0.329.